The highest BCUT2D eigenvalue weighted by Gasteiger charge is 2.25. The molecule has 0 aliphatic carbocycles. The van der Waals surface area contributed by atoms with Gasteiger partial charge in [-0.15, -0.1) is 0 Å². The van der Waals surface area contributed by atoms with Gasteiger partial charge in [-0.05, 0) is 17.7 Å². The van der Waals surface area contributed by atoms with Crippen LogP contribution in [0, 0.1) is 11.6 Å². The zero-order valence-electron chi connectivity index (χ0n) is 14.1. The molecule has 7 heteroatoms. The Labute approximate surface area is 156 Å². The van der Waals surface area contributed by atoms with E-state index in [0.29, 0.717) is 11.6 Å². The standard InChI is InChI=1S/C21H12F2O5/c22-12-6-11(7-13(23)8-12)16-18(25)20(27)19(26)17-14(24)9-15(28-21(16)17)10-4-2-1-3-5-10/h1-9,25-27H. The molecular formula is C21H12F2O5. The third kappa shape index (κ3) is 2.73. The van der Waals surface area contributed by atoms with Crippen LogP contribution in [0.15, 0.2) is 63.8 Å². The van der Waals surface area contributed by atoms with Gasteiger partial charge in [0.05, 0.1) is 5.56 Å². The summed E-state index contributed by atoms with van der Waals surface area (Å²) in [5.41, 5.74) is -0.984. The molecule has 0 unspecified atom stereocenters. The van der Waals surface area contributed by atoms with Gasteiger partial charge in [-0.1, -0.05) is 30.3 Å². The maximum Gasteiger partial charge on any atom is 0.202 e. The molecule has 0 aliphatic heterocycles. The first-order valence-corrected chi connectivity index (χ1v) is 8.13. The van der Waals surface area contributed by atoms with Crippen LogP contribution in [-0.2, 0) is 0 Å². The van der Waals surface area contributed by atoms with Crippen molar-refractivity contribution in [3.05, 3.63) is 76.5 Å². The fraction of sp³-hybridized carbons (Fsp3) is 0. The van der Waals surface area contributed by atoms with Gasteiger partial charge in [-0.2, -0.15) is 0 Å². The highest BCUT2D eigenvalue weighted by Crippen LogP contribution is 2.48. The van der Waals surface area contributed by atoms with Crippen LogP contribution in [0.1, 0.15) is 0 Å². The summed E-state index contributed by atoms with van der Waals surface area (Å²) < 4.78 is 33.2. The topological polar surface area (TPSA) is 90.9 Å². The van der Waals surface area contributed by atoms with Crippen molar-refractivity contribution in [2.45, 2.75) is 0 Å². The minimum atomic E-state index is -0.994. The molecular weight excluding hydrogens is 370 g/mol. The van der Waals surface area contributed by atoms with Crippen LogP contribution in [0.2, 0.25) is 0 Å². The van der Waals surface area contributed by atoms with E-state index in [-0.39, 0.29) is 22.5 Å². The third-order valence-electron chi connectivity index (χ3n) is 4.31. The lowest BCUT2D eigenvalue weighted by molar-refractivity contribution is 0.371. The van der Waals surface area contributed by atoms with Crippen molar-refractivity contribution in [2.24, 2.45) is 0 Å². The average molecular weight is 382 g/mol. The molecule has 4 rings (SSSR count). The molecule has 0 aliphatic rings. The molecule has 1 heterocycles. The quantitative estimate of drug-likeness (QED) is 0.444. The molecule has 0 amide bonds. The lowest BCUT2D eigenvalue weighted by Crippen LogP contribution is -2.02. The van der Waals surface area contributed by atoms with Crippen LogP contribution in [0.5, 0.6) is 17.2 Å². The van der Waals surface area contributed by atoms with E-state index in [4.69, 9.17) is 4.42 Å². The number of rotatable bonds is 2. The van der Waals surface area contributed by atoms with E-state index in [2.05, 4.69) is 0 Å². The van der Waals surface area contributed by atoms with E-state index in [1.165, 1.54) is 0 Å². The minimum absolute atomic E-state index is 0.112. The number of benzene rings is 3. The fourth-order valence-electron chi connectivity index (χ4n) is 3.06. The number of fused-ring (bicyclic) bond motifs is 1. The average Bonchev–Trinajstić information content (AvgIpc) is 2.66. The van der Waals surface area contributed by atoms with Crippen molar-refractivity contribution in [1.29, 1.82) is 0 Å². The molecule has 0 spiro atoms. The first kappa shape index (κ1) is 17.5. The first-order chi connectivity index (χ1) is 13.4. The van der Waals surface area contributed by atoms with Gasteiger partial charge in [0.25, 0.3) is 0 Å². The first-order valence-electron chi connectivity index (χ1n) is 8.13. The maximum atomic E-state index is 13.7. The normalized spacial score (nSPS) is 11.1. The van der Waals surface area contributed by atoms with Crippen LogP contribution >= 0.6 is 0 Å². The molecule has 1 aromatic heterocycles. The maximum absolute atomic E-state index is 13.7. The van der Waals surface area contributed by atoms with Crippen molar-refractivity contribution in [3.8, 4) is 39.7 Å². The molecule has 0 radical (unpaired) electrons. The van der Waals surface area contributed by atoms with E-state index in [0.717, 1.165) is 18.2 Å². The number of hydrogen-bond donors (Lipinski definition) is 3. The van der Waals surface area contributed by atoms with Crippen LogP contribution in [-0.4, -0.2) is 15.3 Å². The number of halogens is 2. The monoisotopic (exact) mass is 382 g/mol. The van der Waals surface area contributed by atoms with Crippen molar-refractivity contribution >= 4 is 11.0 Å². The molecule has 140 valence electrons. The number of aromatic hydroxyl groups is 3. The summed E-state index contributed by atoms with van der Waals surface area (Å²) in [6, 6.07) is 12.1. The molecule has 0 atom stereocenters. The van der Waals surface area contributed by atoms with Gasteiger partial charge in [0, 0.05) is 17.7 Å². The predicted octanol–water partition coefficient (Wildman–Crippen LogP) is 4.52. The Kier molecular flexibility index (Phi) is 4.00. The molecule has 5 nitrogen and oxygen atoms in total. The highest BCUT2D eigenvalue weighted by atomic mass is 19.1. The van der Waals surface area contributed by atoms with E-state index in [1.54, 1.807) is 30.3 Å². The zero-order valence-corrected chi connectivity index (χ0v) is 14.1. The summed E-state index contributed by atoms with van der Waals surface area (Å²) in [5.74, 6) is -4.51. The Balaban J connectivity index is 2.17. The summed E-state index contributed by atoms with van der Waals surface area (Å²) in [6.07, 6.45) is 0. The number of phenols is 3. The van der Waals surface area contributed by atoms with Crippen LogP contribution in [0.25, 0.3) is 33.4 Å². The highest BCUT2D eigenvalue weighted by molar-refractivity contribution is 6.02. The van der Waals surface area contributed by atoms with Crippen molar-refractivity contribution < 1.29 is 28.5 Å². The molecule has 4 aromatic rings. The number of hydrogen-bond acceptors (Lipinski definition) is 5. The Hall–Kier alpha value is -3.87. The molecule has 3 N–H and O–H groups in total. The summed E-state index contributed by atoms with van der Waals surface area (Å²) >= 11 is 0. The molecule has 0 saturated carbocycles. The fourth-order valence-corrected chi connectivity index (χ4v) is 3.06. The van der Waals surface area contributed by atoms with Crippen LogP contribution < -0.4 is 5.43 Å². The van der Waals surface area contributed by atoms with Crippen molar-refractivity contribution in [1.82, 2.24) is 0 Å². The van der Waals surface area contributed by atoms with E-state index in [1.807, 2.05) is 0 Å². The van der Waals surface area contributed by atoms with Crippen LogP contribution in [0.4, 0.5) is 8.78 Å². The van der Waals surface area contributed by atoms with E-state index in [9.17, 15) is 28.9 Å². The molecule has 28 heavy (non-hydrogen) atoms. The molecule has 3 aromatic carbocycles. The summed E-state index contributed by atoms with van der Waals surface area (Å²) in [4.78, 5) is 12.6. The zero-order chi connectivity index (χ0) is 20.0. The lowest BCUT2D eigenvalue weighted by Gasteiger charge is -2.13. The Morgan fingerprint density at radius 3 is 2.04 bits per heavy atom. The summed E-state index contributed by atoms with van der Waals surface area (Å²) in [6.45, 7) is 0. The van der Waals surface area contributed by atoms with E-state index < -0.39 is 39.7 Å². The molecule has 0 bridgehead atoms. The van der Waals surface area contributed by atoms with Gasteiger partial charge in [-0.25, -0.2) is 8.78 Å². The van der Waals surface area contributed by atoms with Crippen molar-refractivity contribution in [3.63, 3.8) is 0 Å². The van der Waals surface area contributed by atoms with Gasteiger partial charge in [0.1, 0.15) is 22.8 Å². The van der Waals surface area contributed by atoms with Gasteiger partial charge < -0.3 is 19.7 Å². The van der Waals surface area contributed by atoms with Gasteiger partial charge in [0.2, 0.25) is 5.75 Å². The van der Waals surface area contributed by atoms with Crippen LogP contribution in [0.3, 0.4) is 0 Å². The van der Waals surface area contributed by atoms with Crippen molar-refractivity contribution in [2.75, 3.05) is 0 Å². The number of phenolic OH excluding ortho intramolecular Hbond substituents is 3. The second-order valence-corrected chi connectivity index (χ2v) is 6.12. The third-order valence-corrected chi connectivity index (χ3v) is 4.31. The second-order valence-electron chi connectivity index (χ2n) is 6.12. The summed E-state index contributed by atoms with van der Waals surface area (Å²) in [5, 5.41) is 30.1. The predicted molar refractivity (Wildman–Crippen MR) is 98.3 cm³/mol. The largest absolute Gasteiger partial charge is 0.504 e. The smallest absolute Gasteiger partial charge is 0.202 e. The second kappa shape index (κ2) is 6.38. The van der Waals surface area contributed by atoms with Gasteiger partial charge in [-0.3, -0.25) is 4.79 Å². The minimum Gasteiger partial charge on any atom is -0.504 e. The van der Waals surface area contributed by atoms with Gasteiger partial charge in [0.15, 0.2) is 22.5 Å². The Morgan fingerprint density at radius 1 is 0.750 bits per heavy atom. The summed E-state index contributed by atoms with van der Waals surface area (Å²) in [7, 11) is 0. The van der Waals surface area contributed by atoms with E-state index >= 15 is 0 Å². The lowest BCUT2D eigenvalue weighted by atomic mass is 9.99. The van der Waals surface area contributed by atoms with Gasteiger partial charge >= 0.3 is 0 Å². The SMILES string of the molecule is O=c1cc(-c2ccccc2)oc2c(-c3cc(F)cc(F)c3)c(O)c(O)c(O)c12. The Morgan fingerprint density at radius 2 is 1.39 bits per heavy atom. The molecule has 0 saturated heterocycles. The molecule has 0 fully saturated rings. The Bertz CT molecular complexity index is 1260.